The van der Waals surface area contributed by atoms with Crippen LogP contribution in [-0.2, 0) is 0 Å². The molecule has 4 nitrogen and oxygen atoms in total. The van der Waals surface area contributed by atoms with E-state index in [1.54, 1.807) is 19.9 Å². The lowest BCUT2D eigenvalue weighted by Gasteiger charge is -2.10. The number of benzene rings is 1. The van der Waals surface area contributed by atoms with Crippen molar-refractivity contribution in [3.8, 4) is 11.6 Å². The first kappa shape index (κ1) is 12.8. The second-order valence-electron chi connectivity index (χ2n) is 3.76. The number of anilines is 1. The molecule has 0 aliphatic carbocycles. The molecule has 2 N–H and O–H groups in total. The van der Waals surface area contributed by atoms with Gasteiger partial charge in [-0.1, -0.05) is 15.9 Å². The van der Waals surface area contributed by atoms with E-state index in [4.69, 9.17) is 10.5 Å². The number of aryl methyl sites for hydroxylation is 1. The van der Waals surface area contributed by atoms with Crippen LogP contribution in [0.15, 0.2) is 22.7 Å². The molecule has 1 aromatic heterocycles. The third-order valence-corrected chi connectivity index (χ3v) is 2.84. The monoisotopic (exact) mass is 311 g/mol. The molecule has 2 aromatic rings. The molecule has 1 aromatic carbocycles. The van der Waals surface area contributed by atoms with Gasteiger partial charge in [-0.3, -0.25) is 0 Å². The Morgan fingerprint density at radius 2 is 2.00 bits per heavy atom. The van der Waals surface area contributed by atoms with Crippen LogP contribution in [0.4, 0.5) is 10.2 Å². The number of halogens is 2. The van der Waals surface area contributed by atoms with Crippen LogP contribution in [0.25, 0.3) is 0 Å². The van der Waals surface area contributed by atoms with Crippen molar-refractivity contribution in [3.05, 3.63) is 39.9 Å². The van der Waals surface area contributed by atoms with Crippen molar-refractivity contribution < 1.29 is 9.13 Å². The first-order valence-electron chi connectivity index (χ1n) is 5.21. The topological polar surface area (TPSA) is 61.0 Å². The van der Waals surface area contributed by atoms with Gasteiger partial charge < -0.3 is 10.5 Å². The molecule has 0 spiro atoms. The summed E-state index contributed by atoms with van der Waals surface area (Å²) in [4.78, 5) is 8.10. The number of hydrogen-bond acceptors (Lipinski definition) is 4. The van der Waals surface area contributed by atoms with Crippen LogP contribution in [0.1, 0.15) is 11.4 Å². The van der Waals surface area contributed by atoms with Crippen molar-refractivity contribution >= 4 is 21.7 Å². The predicted molar refractivity (Wildman–Crippen MR) is 70.1 cm³/mol. The minimum absolute atomic E-state index is 0.0879. The first-order chi connectivity index (χ1) is 8.47. The molecule has 0 atom stereocenters. The molecule has 0 aliphatic rings. The zero-order valence-electron chi connectivity index (χ0n) is 9.87. The molecule has 94 valence electrons. The first-order valence-corrected chi connectivity index (χ1v) is 6.00. The smallest absolute Gasteiger partial charge is 0.227 e. The lowest BCUT2D eigenvalue weighted by molar-refractivity contribution is 0.422. The average Bonchev–Trinajstić information content (AvgIpc) is 2.30. The van der Waals surface area contributed by atoms with E-state index < -0.39 is 5.82 Å². The number of hydrogen-bond donors (Lipinski definition) is 1. The summed E-state index contributed by atoms with van der Waals surface area (Å²) in [6.45, 7) is 3.42. The fraction of sp³-hybridized carbons (Fsp3) is 0.167. The molecule has 0 saturated carbocycles. The highest BCUT2D eigenvalue weighted by molar-refractivity contribution is 9.10. The summed E-state index contributed by atoms with van der Waals surface area (Å²) in [5.74, 6) is 0.686. The van der Waals surface area contributed by atoms with E-state index in [2.05, 4.69) is 25.9 Å². The molecule has 0 amide bonds. The van der Waals surface area contributed by atoms with Gasteiger partial charge in [0.25, 0.3) is 0 Å². The molecule has 0 aliphatic heterocycles. The zero-order chi connectivity index (χ0) is 13.3. The average molecular weight is 312 g/mol. The number of rotatable bonds is 2. The summed E-state index contributed by atoms with van der Waals surface area (Å²) >= 11 is 3.25. The van der Waals surface area contributed by atoms with Crippen molar-refractivity contribution in [2.45, 2.75) is 13.8 Å². The largest absolute Gasteiger partial charge is 0.435 e. The standard InChI is InChI=1S/C12H11BrFN3O/c1-6-11(15)16-7(2)17-12(6)18-10-5-8(13)3-4-9(10)14/h3-5H,1-2H3,(H2,15,16,17). The molecule has 0 saturated heterocycles. The normalized spacial score (nSPS) is 10.4. The van der Waals surface area contributed by atoms with Crippen molar-refractivity contribution in [3.63, 3.8) is 0 Å². The molecule has 0 unspecified atom stereocenters. The van der Waals surface area contributed by atoms with Crippen molar-refractivity contribution in [2.75, 3.05) is 5.73 Å². The predicted octanol–water partition coefficient (Wildman–Crippen LogP) is 3.37. The zero-order valence-corrected chi connectivity index (χ0v) is 11.5. The van der Waals surface area contributed by atoms with Crippen LogP contribution >= 0.6 is 15.9 Å². The van der Waals surface area contributed by atoms with Crippen molar-refractivity contribution in [1.82, 2.24) is 9.97 Å². The van der Waals surface area contributed by atoms with Gasteiger partial charge in [-0.25, -0.2) is 9.37 Å². The maximum atomic E-state index is 13.6. The molecule has 2 rings (SSSR count). The van der Waals surface area contributed by atoms with Gasteiger partial charge in [0.1, 0.15) is 11.6 Å². The van der Waals surface area contributed by atoms with Gasteiger partial charge in [-0.15, -0.1) is 0 Å². The van der Waals surface area contributed by atoms with Gasteiger partial charge in [-0.2, -0.15) is 4.98 Å². The van der Waals surface area contributed by atoms with E-state index in [-0.39, 0.29) is 11.6 Å². The van der Waals surface area contributed by atoms with E-state index in [0.717, 1.165) is 4.47 Å². The number of ether oxygens (including phenoxy) is 1. The number of nitrogens with two attached hydrogens (primary N) is 1. The molecule has 18 heavy (non-hydrogen) atoms. The Bertz CT molecular complexity index is 604. The number of nitrogen functional groups attached to an aromatic ring is 1. The summed E-state index contributed by atoms with van der Waals surface area (Å²) in [7, 11) is 0. The summed E-state index contributed by atoms with van der Waals surface area (Å²) in [5.41, 5.74) is 6.29. The summed E-state index contributed by atoms with van der Waals surface area (Å²) in [6, 6.07) is 4.43. The molecule has 6 heteroatoms. The van der Waals surface area contributed by atoms with Gasteiger partial charge in [-0.05, 0) is 32.0 Å². The van der Waals surface area contributed by atoms with E-state index in [0.29, 0.717) is 17.2 Å². The van der Waals surface area contributed by atoms with Crippen molar-refractivity contribution in [1.29, 1.82) is 0 Å². The van der Waals surface area contributed by atoms with Gasteiger partial charge >= 0.3 is 0 Å². The van der Waals surface area contributed by atoms with E-state index >= 15 is 0 Å². The minimum Gasteiger partial charge on any atom is -0.435 e. The lowest BCUT2D eigenvalue weighted by atomic mass is 10.3. The van der Waals surface area contributed by atoms with Gasteiger partial charge in [0.05, 0.1) is 5.56 Å². The fourth-order valence-corrected chi connectivity index (χ4v) is 1.72. The van der Waals surface area contributed by atoms with Crippen molar-refractivity contribution in [2.24, 2.45) is 0 Å². The highest BCUT2D eigenvalue weighted by Gasteiger charge is 2.12. The van der Waals surface area contributed by atoms with Crippen LogP contribution < -0.4 is 10.5 Å². The Kier molecular flexibility index (Phi) is 3.47. The maximum Gasteiger partial charge on any atom is 0.227 e. The Labute approximate surface area is 112 Å². The van der Waals surface area contributed by atoms with E-state index in [1.165, 1.54) is 12.1 Å². The van der Waals surface area contributed by atoms with Crippen LogP contribution in [-0.4, -0.2) is 9.97 Å². The van der Waals surface area contributed by atoms with E-state index in [1.807, 2.05) is 0 Å². The molecular formula is C12H11BrFN3O. The fourth-order valence-electron chi connectivity index (χ4n) is 1.38. The SMILES string of the molecule is Cc1nc(N)c(C)c(Oc2cc(Br)ccc2F)n1. The lowest BCUT2D eigenvalue weighted by Crippen LogP contribution is -2.02. The summed E-state index contributed by atoms with van der Waals surface area (Å²) in [6.07, 6.45) is 0. The van der Waals surface area contributed by atoms with Crippen LogP contribution in [0.3, 0.4) is 0 Å². The molecule has 0 radical (unpaired) electrons. The van der Waals surface area contributed by atoms with Crippen LogP contribution in [0, 0.1) is 19.7 Å². The Balaban J connectivity index is 2.43. The third kappa shape index (κ3) is 2.59. The molecule has 0 bridgehead atoms. The molecular weight excluding hydrogens is 301 g/mol. The highest BCUT2D eigenvalue weighted by Crippen LogP contribution is 2.29. The van der Waals surface area contributed by atoms with Gasteiger partial charge in [0.15, 0.2) is 11.6 Å². The Morgan fingerprint density at radius 3 is 2.72 bits per heavy atom. The summed E-state index contributed by atoms with van der Waals surface area (Å²) < 4.78 is 19.7. The molecule has 0 fully saturated rings. The van der Waals surface area contributed by atoms with Gasteiger partial charge in [0, 0.05) is 4.47 Å². The van der Waals surface area contributed by atoms with Crippen LogP contribution in [0.2, 0.25) is 0 Å². The maximum absolute atomic E-state index is 13.6. The van der Waals surface area contributed by atoms with Gasteiger partial charge in [0.2, 0.25) is 5.88 Å². The highest BCUT2D eigenvalue weighted by atomic mass is 79.9. The second-order valence-corrected chi connectivity index (χ2v) is 4.68. The van der Waals surface area contributed by atoms with E-state index in [9.17, 15) is 4.39 Å². The number of nitrogens with zero attached hydrogens (tertiary/aromatic N) is 2. The summed E-state index contributed by atoms with van der Waals surface area (Å²) in [5, 5.41) is 0. The quantitative estimate of drug-likeness (QED) is 0.923. The second kappa shape index (κ2) is 4.89. The Morgan fingerprint density at radius 1 is 1.28 bits per heavy atom. The third-order valence-electron chi connectivity index (χ3n) is 2.35. The minimum atomic E-state index is -0.465. The number of aromatic nitrogens is 2. The molecule has 1 heterocycles. The Hall–Kier alpha value is -1.69. The van der Waals surface area contributed by atoms with Crippen LogP contribution in [0.5, 0.6) is 11.6 Å².